The van der Waals surface area contributed by atoms with Gasteiger partial charge in [0.25, 0.3) is 0 Å². The van der Waals surface area contributed by atoms with Crippen LogP contribution in [0.15, 0.2) is 24.8 Å². The first-order valence-corrected chi connectivity index (χ1v) is 13.5. The van der Waals surface area contributed by atoms with Crippen molar-refractivity contribution < 1.29 is 9.84 Å². The lowest BCUT2D eigenvalue weighted by atomic mass is 9.81. The van der Waals surface area contributed by atoms with E-state index in [1.807, 2.05) is 32.3 Å². The Labute approximate surface area is 218 Å². The van der Waals surface area contributed by atoms with Gasteiger partial charge in [-0.05, 0) is 82.5 Å². The van der Waals surface area contributed by atoms with Gasteiger partial charge in [0.2, 0.25) is 0 Å². The molecule has 4 heterocycles. The van der Waals surface area contributed by atoms with Crippen LogP contribution in [0.25, 0.3) is 27.8 Å². The third-order valence-electron chi connectivity index (χ3n) is 7.87. The average Bonchev–Trinajstić information content (AvgIpc) is 3.49. The van der Waals surface area contributed by atoms with Crippen molar-refractivity contribution in [3.05, 3.63) is 41.6 Å². The summed E-state index contributed by atoms with van der Waals surface area (Å²) in [4.78, 5) is 13.0. The third-order valence-corrected chi connectivity index (χ3v) is 7.87. The summed E-state index contributed by atoms with van der Waals surface area (Å²) in [5, 5.41) is 19.3. The van der Waals surface area contributed by atoms with Crippen LogP contribution >= 0.6 is 0 Å². The number of rotatable bonds is 8. The number of aromatic amines is 1. The summed E-state index contributed by atoms with van der Waals surface area (Å²) in [7, 11) is 1.67. The Morgan fingerprint density at radius 2 is 1.97 bits per heavy atom. The molecule has 4 aromatic heterocycles. The minimum absolute atomic E-state index is 0.325. The number of aromatic nitrogens is 5. The van der Waals surface area contributed by atoms with Crippen molar-refractivity contribution in [3.8, 4) is 17.0 Å². The molecular formula is C29H40N6O2. The maximum absolute atomic E-state index is 9.99. The van der Waals surface area contributed by atoms with Crippen molar-refractivity contribution >= 4 is 16.6 Å². The van der Waals surface area contributed by atoms with Crippen molar-refractivity contribution in [1.82, 2.24) is 29.9 Å². The Bertz CT molecular complexity index is 1390. The first-order chi connectivity index (χ1) is 17.7. The summed E-state index contributed by atoms with van der Waals surface area (Å²) in [5.74, 6) is 1.50. The number of H-pyrrole nitrogens is 1. The van der Waals surface area contributed by atoms with Crippen molar-refractivity contribution in [3.63, 3.8) is 0 Å². The van der Waals surface area contributed by atoms with E-state index in [9.17, 15) is 5.11 Å². The predicted octanol–water partition coefficient (Wildman–Crippen LogP) is 5.49. The van der Waals surface area contributed by atoms with Gasteiger partial charge in [0, 0.05) is 34.8 Å². The maximum atomic E-state index is 9.99. The van der Waals surface area contributed by atoms with E-state index >= 15 is 0 Å². The van der Waals surface area contributed by atoms with E-state index in [1.165, 1.54) is 22.2 Å². The minimum Gasteiger partial charge on any atom is -0.493 e. The van der Waals surface area contributed by atoms with Gasteiger partial charge in [-0.1, -0.05) is 13.8 Å². The molecule has 0 atom stereocenters. The second-order valence-corrected chi connectivity index (χ2v) is 11.5. The fraction of sp³-hybridized carbons (Fsp3) is 0.552. The lowest BCUT2D eigenvalue weighted by Crippen LogP contribution is -2.36. The van der Waals surface area contributed by atoms with Crippen molar-refractivity contribution in [2.24, 2.45) is 0 Å². The van der Waals surface area contributed by atoms with Crippen molar-refractivity contribution in [1.29, 1.82) is 0 Å². The highest BCUT2D eigenvalue weighted by Crippen LogP contribution is 2.41. The largest absolute Gasteiger partial charge is 0.493 e. The monoisotopic (exact) mass is 504 g/mol. The van der Waals surface area contributed by atoms with Gasteiger partial charge in [-0.25, -0.2) is 9.50 Å². The number of aryl methyl sites for hydroxylation is 1. The number of hydrogen-bond acceptors (Lipinski definition) is 6. The Balaban J connectivity index is 1.45. The molecular weight excluding hydrogens is 464 g/mol. The lowest BCUT2D eigenvalue weighted by Gasteiger charge is -2.30. The minimum atomic E-state index is -0.615. The van der Waals surface area contributed by atoms with E-state index < -0.39 is 5.60 Å². The highest BCUT2D eigenvalue weighted by atomic mass is 16.5. The Hall–Kier alpha value is -2.97. The number of nitrogens with one attached hydrogen (secondary N) is 2. The van der Waals surface area contributed by atoms with Gasteiger partial charge in [-0.2, -0.15) is 5.10 Å². The van der Waals surface area contributed by atoms with Crippen LogP contribution < -0.4 is 10.1 Å². The molecule has 1 aliphatic carbocycles. The van der Waals surface area contributed by atoms with Crippen molar-refractivity contribution in [2.45, 2.75) is 90.2 Å². The van der Waals surface area contributed by atoms with Crippen LogP contribution in [-0.4, -0.2) is 55.0 Å². The molecule has 37 heavy (non-hydrogen) atoms. The molecule has 198 valence electrons. The number of pyridine rings is 2. The van der Waals surface area contributed by atoms with E-state index in [1.54, 1.807) is 18.0 Å². The zero-order chi connectivity index (χ0) is 26.3. The molecule has 0 radical (unpaired) electrons. The number of nitrogens with zero attached hydrogens (tertiary/aromatic N) is 4. The van der Waals surface area contributed by atoms with Crippen LogP contribution in [0.1, 0.15) is 88.5 Å². The first kappa shape index (κ1) is 25.7. The fourth-order valence-electron chi connectivity index (χ4n) is 5.95. The summed E-state index contributed by atoms with van der Waals surface area (Å²) in [6.45, 7) is 11.3. The zero-order valence-corrected chi connectivity index (χ0v) is 22.9. The number of ether oxygens (including phenoxy) is 1. The van der Waals surface area contributed by atoms with Gasteiger partial charge in [-0.3, -0.25) is 4.98 Å². The lowest BCUT2D eigenvalue weighted by molar-refractivity contribution is 0.0698. The smallest absolute Gasteiger partial charge is 0.197 e. The summed E-state index contributed by atoms with van der Waals surface area (Å²) < 4.78 is 7.40. The topological polar surface area (TPSA) is 100 Å². The van der Waals surface area contributed by atoms with E-state index in [-0.39, 0.29) is 0 Å². The van der Waals surface area contributed by atoms with Gasteiger partial charge in [0.05, 0.1) is 30.1 Å². The Morgan fingerprint density at radius 1 is 1.22 bits per heavy atom. The van der Waals surface area contributed by atoms with Crippen LogP contribution in [0.5, 0.6) is 5.75 Å². The van der Waals surface area contributed by atoms with Gasteiger partial charge >= 0.3 is 0 Å². The van der Waals surface area contributed by atoms with Crippen LogP contribution in [0, 0.1) is 6.92 Å². The molecule has 3 N–H and O–H groups in total. The standard InChI is InChI=1S/C29H40N6O2/c1-17(2)24-25-18(3)26(19-7-9-21(10-8-19)30-12-11-29(4,5)36)31-14-22(25)34-27(24)20-13-23(37-6)28-32-16-33-35(28)15-20/h13-17,19,21,30,34,36H,7-12H2,1-6H3. The number of methoxy groups -OCH3 is 1. The van der Waals surface area contributed by atoms with Crippen LogP contribution in [0.4, 0.5) is 0 Å². The summed E-state index contributed by atoms with van der Waals surface area (Å²) in [6.07, 6.45) is 10.9. The second-order valence-electron chi connectivity index (χ2n) is 11.5. The molecule has 5 rings (SSSR count). The first-order valence-electron chi connectivity index (χ1n) is 13.5. The van der Waals surface area contributed by atoms with E-state index in [0.717, 1.165) is 55.4 Å². The molecule has 1 fully saturated rings. The fourth-order valence-corrected chi connectivity index (χ4v) is 5.95. The number of hydrogen-bond donors (Lipinski definition) is 3. The quantitative estimate of drug-likeness (QED) is 0.293. The highest BCUT2D eigenvalue weighted by Gasteiger charge is 2.27. The average molecular weight is 505 g/mol. The number of fused-ring (bicyclic) bond motifs is 2. The van der Waals surface area contributed by atoms with Crippen LogP contribution in [-0.2, 0) is 0 Å². The van der Waals surface area contributed by atoms with Crippen LogP contribution in [0.3, 0.4) is 0 Å². The summed E-state index contributed by atoms with van der Waals surface area (Å²) in [6, 6.07) is 2.56. The van der Waals surface area contributed by atoms with Gasteiger partial charge in [0.1, 0.15) is 6.33 Å². The summed E-state index contributed by atoms with van der Waals surface area (Å²) >= 11 is 0. The molecule has 0 unspecified atom stereocenters. The third kappa shape index (κ3) is 5.09. The Morgan fingerprint density at radius 3 is 2.65 bits per heavy atom. The van der Waals surface area contributed by atoms with Gasteiger partial charge < -0.3 is 20.1 Å². The molecule has 4 aromatic rings. The molecule has 0 amide bonds. The molecule has 8 heteroatoms. The summed E-state index contributed by atoms with van der Waals surface area (Å²) in [5.41, 5.74) is 7.10. The van der Waals surface area contributed by atoms with Gasteiger partial charge in [0.15, 0.2) is 11.4 Å². The van der Waals surface area contributed by atoms with Crippen LogP contribution in [0.2, 0.25) is 0 Å². The highest BCUT2D eigenvalue weighted by molar-refractivity contribution is 5.94. The SMILES string of the molecule is COc1cc(-c2[nH]c3cnc(C4CCC(NCCC(C)(C)O)CC4)c(C)c3c2C(C)C)cn2ncnc12. The van der Waals surface area contributed by atoms with E-state index in [2.05, 4.69) is 41.2 Å². The molecule has 0 bridgehead atoms. The zero-order valence-electron chi connectivity index (χ0n) is 22.9. The molecule has 8 nitrogen and oxygen atoms in total. The molecule has 0 saturated heterocycles. The second kappa shape index (κ2) is 10.1. The molecule has 0 aliphatic heterocycles. The normalized spacial score (nSPS) is 18.8. The van der Waals surface area contributed by atoms with Crippen molar-refractivity contribution in [2.75, 3.05) is 13.7 Å². The molecule has 0 aromatic carbocycles. The van der Waals surface area contributed by atoms with E-state index in [4.69, 9.17) is 9.72 Å². The van der Waals surface area contributed by atoms with E-state index in [0.29, 0.717) is 29.3 Å². The number of aliphatic hydroxyl groups is 1. The molecule has 1 aliphatic rings. The maximum Gasteiger partial charge on any atom is 0.197 e. The molecule has 1 saturated carbocycles. The van der Waals surface area contributed by atoms with Gasteiger partial charge in [-0.15, -0.1) is 0 Å². The molecule has 0 spiro atoms. The Kier molecular flexibility index (Phi) is 6.98. The predicted molar refractivity (Wildman–Crippen MR) is 147 cm³/mol.